The number of carbonyl (C=O) groups is 1. The summed E-state index contributed by atoms with van der Waals surface area (Å²) in [4.78, 5) is 17.8. The van der Waals surface area contributed by atoms with Crippen molar-refractivity contribution in [1.29, 1.82) is 0 Å². The van der Waals surface area contributed by atoms with Crippen molar-refractivity contribution < 1.29 is 9.32 Å². The Kier molecular flexibility index (Phi) is 5.17. The van der Waals surface area contributed by atoms with E-state index >= 15 is 0 Å². The van der Waals surface area contributed by atoms with Gasteiger partial charge in [0.15, 0.2) is 0 Å². The number of rotatable bonds is 4. The second-order valence-corrected chi connectivity index (χ2v) is 9.15. The predicted molar refractivity (Wildman–Crippen MR) is 112 cm³/mol. The molecule has 1 aromatic heterocycles. The number of piperidine rings is 3. The average Bonchev–Trinajstić information content (AvgIpc) is 3.24. The molecule has 5 heteroatoms. The molecule has 2 aromatic rings. The van der Waals surface area contributed by atoms with Gasteiger partial charge in [-0.2, -0.15) is 0 Å². The third-order valence-electron chi connectivity index (χ3n) is 7.25. The van der Waals surface area contributed by atoms with Crippen molar-refractivity contribution in [2.24, 2.45) is 11.8 Å². The van der Waals surface area contributed by atoms with Gasteiger partial charge in [0.2, 0.25) is 5.76 Å². The fourth-order valence-corrected chi connectivity index (χ4v) is 5.92. The molecule has 0 radical (unpaired) electrons. The molecule has 0 saturated carbocycles. The van der Waals surface area contributed by atoms with Crippen LogP contribution in [0.2, 0.25) is 0 Å². The maximum absolute atomic E-state index is 13.0. The van der Waals surface area contributed by atoms with Crippen molar-refractivity contribution in [3.8, 4) is 0 Å². The van der Waals surface area contributed by atoms with E-state index in [0.717, 1.165) is 38.2 Å². The number of amides is 1. The minimum Gasteiger partial charge on any atom is -0.351 e. The van der Waals surface area contributed by atoms with Gasteiger partial charge in [-0.3, -0.25) is 9.69 Å². The maximum atomic E-state index is 13.0. The third-order valence-corrected chi connectivity index (χ3v) is 7.25. The fourth-order valence-electron chi connectivity index (χ4n) is 5.92. The molecule has 5 rings (SSSR count). The van der Waals surface area contributed by atoms with Crippen LogP contribution in [0.1, 0.15) is 54.4 Å². The van der Waals surface area contributed by atoms with Crippen molar-refractivity contribution in [2.45, 2.75) is 57.5 Å². The lowest BCUT2D eigenvalue weighted by Crippen LogP contribution is -2.62. The first-order valence-electron chi connectivity index (χ1n) is 11.3. The van der Waals surface area contributed by atoms with Gasteiger partial charge in [0, 0.05) is 37.8 Å². The van der Waals surface area contributed by atoms with Crippen molar-refractivity contribution in [3.63, 3.8) is 0 Å². The molecule has 5 nitrogen and oxygen atoms in total. The van der Waals surface area contributed by atoms with Crippen LogP contribution in [0, 0.1) is 11.8 Å². The Bertz CT molecular complexity index is 849. The topological polar surface area (TPSA) is 49.6 Å². The first-order chi connectivity index (χ1) is 14.2. The highest BCUT2D eigenvalue weighted by Gasteiger charge is 2.45. The zero-order valence-corrected chi connectivity index (χ0v) is 17.3. The first-order valence-corrected chi connectivity index (χ1v) is 11.3. The third kappa shape index (κ3) is 3.73. The molecule has 1 amide bonds. The molecule has 4 heterocycles. The van der Waals surface area contributed by atoms with Gasteiger partial charge >= 0.3 is 0 Å². The van der Waals surface area contributed by atoms with E-state index < -0.39 is 0 Å². The number of hydrogen-bond donors (Lipinski definition) is 0. The van der Waals surface area contributed by atoms with Crippen molar-refractivity contribution in [3.05, 3.63) is 53.4 Å². The predicted octanol–water partition coefficient (Wildman–Crippen LogP) is 3.79. The van der Waals surface area contributed by atoms with Crippen LogP contribution < -0.4 is 0 Å². The van der Waals surface area contributed by atoms with Crippen LogP contribution in [0.4, 0.5) is 0 Å². The quantitative estimate of drug-likeness (QED) is 0.793. The van der Waals surface area contributed by atoms with Crippen molar-refractivity contribution in [2.75, 3.05) is 19.6 Å². The number of aromatic nitrogens is 1. The molecule has 1 aromatic carbocycles. The van der Waals surface area contributed by atoms with Crippen molar-refractivity contribution in [1.82, 2.24) is 15.0 Å². The second kappa shape index (κ2) is 7.94. The van der Waals surface area contributed by atoms with E-state index in [0.29, 0.717) is 29.7 Å². The first kappa shape index (κ1) is 18.9. The van der Waals surface area contributed by atoms with Gasteiger partial charge in [-0.25, -0.2) is 0 Å². The standard InChI is InChI=1S/C24H31N3O2/c1-2-20-13-23(29-25-20)24(28)26-14-18-11-19(16-26)22-10-6-9-21(27(22)15-18)12-17-7-4-3-5-8-17/h3-5,7-8,13,18-19,21-22H,2,6,9-12,14-16H2,1H3/t18-,19+,21+,22-/m0/s1. The lowest BCUT2D eigenvalue weighted by Gasteiger charge is -2.55. The van der Waals surface area contributed by atoms with E-state index in [-0.39, 0.29) is 5.91 Å². The van der Waals surface area contributed by atoms with Gasteiger partial charge in [-0.1, -0.05) is 48.8 Å². The summed E-state index contributed by atoms with van der Waals surface area (Å²) in [6, 6.07) is 14.0. The number of hydrogen-bond acceptors (Lipinski definition) is 4. The Hall–Kier alpha value is -2.14. The summed E-state index contributed by atoms with van der Waals surface area (Å²) in [5.74, 6) is 1.58. The molecule has 154 valence electrons. The van der Waals surface area contributed by atoms with Gasteiger partial charge < -0.3 is 9.42 Å². The number of fused-ring (bicyclic) bond motifs is 4. The summed E-state index contributed by atoms with van der Waals surface area (Å²) in [6.45, 7) is 4.86. The largest absolute Gasteiger partial charge is 0.351 e. The molecule has 3 aliphatic heterocycles. The number of nitrogens with zero attached hydrogens (tertiary/aromatic N) is 3. The Morgan fingerprint density at radius 2 is 2.03 bits per heavy atom. The molecule has 3 saturated heterocycles. The SMILES string of the molecule is CCc1cc(C(=O)N2C[C@@H]3C[C@H](C2)[C@@H]2CCC[C@H](Cc4ccccc4)N2C3)on1. The zero-order valence-electron chi connectivity index (χ0n) is 17.3. The molecule has 0 N–H and O–H groups in total. The average molecular weight is 394 g/mol. The monoisotopic (exact) mass is 393 g/mol. The summed E-state index contributed by atoms with van der Waals surface area (Å²) in [5.41, 5.74) is 2.30. The molecule has 0 unspecified atom stereocenters. The summed E-state index contributed by atoms with van der Waals surface area (Å²) in [5, 5.41) is 4.01. The number of aryl methyl sites for hydroxylation is 1. The Balaban J connectivity index is 1.29. The van der Waals surface area contributed by atoms with E-state index in [4.69, 9.17) is 4.52 Å². The maximum Gasteiger partial charge on any atom is 0.292 e. The van der Waals surface area contributed by atoms with Gasteiger partial charge in [0.05, 0.1) is 5.69 Å². The summed E-state index contributed by atoms with van der Waals surface area (Å²) in [7, 11) is 0. The van der Waals surface area contributed by atoms with E-state index in [2.05, 4.69) is 40.4 Å². The molecule has 29 heavy (non-hydrogen) atoms. The van der Waals surface area contributed by atoms with E-state index in [9.17, 15) is 4.79 Å². The second-order valence-electron chi connectivity index (χ2n) is 9.15. The molecule has 3 fully saturated rings. The minimum atomic E-state index is 0.0250. The van der Waals surface area contributed by atoms with Crippen LogP contribution >= 0.6 is 0 Å². The smallest absolute Gasteiger partial charge is 0.292 e. The van der Waals surface area contributed by atoms with E-state index in [1.165, 1.54) is 31.2 Å². The van der Waals surface area contributed by atoms with Gasteiger partial charge in [0.25, 0.3) is 5.91 Å². The van der Waals surface area contributed by atoms with Gasteiger partial charge in [-0.15, -0.1) is 0 Å². The number of benzene rings is 1. The molecule has 4 atom stereocenters. The minimum absolute atomic E-state index is 0.0250. The van der Waals surface area contributed by atoms with Crippen molar-refractivity contribution >= 4 is 5.91 Å². The summed E-state index contributed by atoms with van der Waals surface area (Å²) >= 11 is 0. The van der Waals surface area contributed by atoms with Crippen LogP contribution in [0.25, 0.3) is 0 Å². The van der Waals surface area contributed by atoms with E-state index in [1.807, 2.05) is 17.9 Å². The van der Waals surface area contributed by atoms with Gasteiger partial charge in [-0.05, 0) is 49.5 Å². The molecule has 2 bridgehead atoms. The summed E-state index contributed by atoms with van der Waals surface area (Å²) in [6.07, 6.45) is 7.08. The highest BCUT2D eigenvalue weighted by molar-refractivity contribution is 5.91. The Labute approximate surface area is 173 Å². The Morgan fingerprint density at radius 1 is 1.17 bits per heavy atom. The normalized spacial score (nSPS) is 29.5. The molecule has 0 spiro atoms. The fraction of sp³-hybridized carbons (Fsp3) is 0.583. The van der Waals surface area contributed by atoms with Crippen LogP contribution in [0.3, 0.4) is 0 Å². The molecular formula is C24H31N3O2. The summed E-state index contributed by atoms with van der Waals surface area (Å²) < 4.78 is 5.33. The lowest BCUT2D eigenvalue weighted by molar-refractivity contribution is -0.0504. The molecule has 0 aliphatic carbocycles. The van der Waals surface area contributed by atoms with Gasteiger partial charge in [0.1, 0.15) is 0 Å². The Morgan fingerprint density at radius 3 is 2.83 bits per heavy atom. The van der Waals surface area contributed by atoms with Crippen LogP contribution in [-0.2, 0) is 12.8 Å². The highest BCUT2D eigenvalue weighted by atomic mass is 16.5. The number of carbonyl (C=O) groups excluding carboxylic acids is 1. The number of likely N-dealkylation sites (tertiary alicyclic amines) is 1. The zero-order chi connectivity index (χ0) is 19.8. The molecule has 3 aliphatic rings. The van der Waals surface area contributed by atoms with E-state index in [1.54, 1.807) is 0 Å². The van der Waals surface area contributed by atoms with Crippen LogP contribution in [-0.4, -0.2) is 52.6 Å². The molecular weight excluding hydrogens is 362 g/mol. The lowest BCUT2D eigenvalue weighted by atomic mass is 9.74. The van der Waals surface area contributed by atoms with Crippen LogP contribution in [0.5, 0.6) is 0 Å². The highest BCUT2D eigenvalue weighted by Crippen LogP contribution is 2.40. The van der Waals surface area contributed by atoms with Crippen LogP contribution in [0.15, 0.2) is 40.9 Å².